The molecule has 0 bridgehead atoms. The fraction of sp³-hybridized carbons (Fsp3) is 0.111. The molecule has 0 saturated heterocycles. The Morgan fingerprint density at radius 2 is 2.31 bits per heavy atom. The Kier molecular flexibility index (Phi) is 2.60. The Hall–Kier alpha value is -1.89. The van der Waals surface area contributed by atoms with Gasteiger partial charge in [-0.05, 0) is 12.1 Å². The fourth-order valence-corrected chi connectivity index (χ4v) is 0.982. The average molecular weight is 179 g/mol. The van der Waals surface area contributed by atoms with E-state index < -0.39 is 5.82 Å². The highest BCUT2D eigenvalue weighted by atomic mass is 19.1. The van der Waals surface area contributed by atoms with Gasteiger partial charge in [0.1, 0.15) is 23.2 Å². The van der Waals surface area contributed by atoms with Crippen LogP contribution in [-0.4, -0.2) is 13.4 Å². The fourth-order valence-electron chi connectivity index (χ4n) is 0.982. The predicted molar refractivity (Wildman–Crippen MR) is 43.1 cm³/mol. The lowest BCUT2D eigenvalue weighted by atomic mass is 10.1. The maximum Gasteiger partial charge on any atom is 0.155 e. The van der Waals surface area contributed by atoms with E-state index in [2.05, 4.69) is 0 Å². The molecule has 3 nitrogen and oxygen atoms in total. The molecule has 0 aromatic heterocycles. The Balaban J connectivity index is 3.47. The topological polar surface area (TPSA) is 50.1 Å². The van der Waals surface area contributed by atoms with Crippen molar-refractivity contribution < 1.29 is 13.9 Å². The van der Waals surface area contributed by atoms with Crippen molar-refractivity contribution in [2.45, 2.75) is 0 Å². The number of carbonyl (C=O) groups excluding carboxylic acids is 1. The van der Waals surface area contributed by atoms with Crippen molar-refractivity contribution in [3.05, 3.63) is 29.1 Å². The van der Waals surface area contributed by atoms with Crippen LogP contribution in [0.4, 0.5) is 4.39 Å². The summed E-state index contributed by atoms with van der Waals surface area (Å²) in [6, 6.07) is 4.00. The summed E-state index contributed by atoms with van der Waals surface area (Å²) in [6.07, 6.45) is 0.403. The summed E-state index contributed by atoms with van der Waals surface area (Å²) < 4.78 is 17.7. The molecule has 0 aliphatic carbocycles. The van der Waals surface area contributed by atoms with Gasteiger partial charge in [0, 0.05) is 0 Å². The van der Waals surface area contributed by atoms with Crippen LogP contribution < -0.4 is 4.74 Å². The first-order valence-corrected chi connectivity index (χ1v) is 3.46. The molecule has 0 unspecified atom stereocenters. The van der Waals surface area contributed by atoms with Crippen LogP contribution in [0.3, 0.4) is 0 Å². The minimum Gasteiger partial charge on any atom is -0.496 e. The van der Waals surface area contributed by atoms with Gasteiger partial charge in [0.15, 0.2) is 6.29 Å². The van der Waals surface area contributed by atoms with Crippen molar-refractivity contribution >= 4 is 6.29 Å². The molecule has 4 heteroatoms. The van der Waals surface area contributed by atoms with Gasteiger partial charge in [-0.25, -0.2) is 4.39 Å². The van der Waals surface area contributed by atoms with Gasteiger partial charge < -0.3 is 4.74 Å². The first kappa shape index (κ1) is 9.20. The first-order valence-electron chi connectivity index (χ1n) is 3.46. The number of benzene rings is 1. The molecule has 0 radical (unpaired) electrons. The second kappa shape index (κ2) is 3.68. The highest BCUT2D eigenvalue weighted by Crippen LogP contribution is 2.22. The van der Waals surface area contributed by atoms with Crippen LogP contribution in [0, 0.1) is 17.1 Å². The lowest BCUT2D eigenvalue weighted by Crippen LogP contribution is -1.97. The summed E-state index contributed by atoms with van der Waals surface area (Å²) in [4.78, 5) is 10.5. The SMILES string of the molecule is COc1ccc(F)c(C#N)c1C=O. The zero-order valence-corrected chi connectivity index (χ0v) is 6.87. The monoisotopic (exact) mass is 179 g/mol. The molecule has 0 aliphatic rings. The minimum absolute atomic E-state index is 0.0509. The van der Waals surface area contributed by atoms with Crippen LogP contribution in [-0.2, 0) is 0 Å². The van der Waals surface area contributed by atoms with E-state index in [0.717, 1.165) is 6.07 Å². The Morgan fingerprint density at radius 1 is 1.62 bits per heavy atom. The Bertz CT molecular complexity index is 382. The number of ether oxygens (including phenoxy) is 1. The zero-order valence-electron chi connectivity index (χ0n) is 6.87. The zero-order chi connectivity index (χ0) is 9.84. The highest BCUT2D eigenvalue weighted by Gasteiger charge is 2.12. The molecule has 1 aromatic rings. The summed E-state index contributed by atoms with van der Waals surface area (Å²) in [5, 5.41) is 8.55. The molecular formula is C9H6FNO2. The standard InChI is InChI=1S/C9H6FNO2/c1-13-9-3-2-8(10)6(4-11)7(9)5-12/h2-3,5H,1H3. The molecule has 0 amide bonds. The maximum atomic E-state index is 12.9. The number of nitrogens with zero attached hydrogens (tertiary/aromatic N) is 1. The Morgan fingerprint density at radius 3 is 2.77 bits per heavy atom. The van der Waals surface area contributed by atoms with Crippen LogP contribution in [0.2, 0.25) is 0 Å². The van der Waals surface area contributed by atoms with Gasteiger partial charge in [-0.3, -0.25) is 4.79 Å². The van der Waals surface area contributed by atoms with Crippen molar-refractivity contribution in [1.29, 1.82) is 5.26 Å². The van der Waals surface area contributed by atoms with E-state index in [4.69, 9.17) is 10.00 Å². The summed E-state index contributed by atoms with van der Waals surface area (Å²) >= 11 is 0. The number of halogens is 1. The molecule has 1 aromatic carbocycles. The molecule has 1 rings (SSSR count). The van der Waals surface area contributed by atoms with Crippen molar-refractivity contribution in [2.75, 3.05) is 7.11 Å². The average Bonchev–Trinajstić information content (AvgIpc) is 2.17. The van der Waals surface area contributed by atoms with Crippen LogP contribution in [0.5, 0.6) is 5.75 Å². The lowest BCUT2D eigenvalue weighted by Gasteiger charge is -2.04. The second-order valence-corrected chi connectivity index (χ2v) is 2.27. The van der Waals surface area contributed by atoms with Crippen molar-refractivity contribution in [3.8, 4) is 11.8 Å². The third-order valence-electron chi connectivity index (χ3n) is 1.60. The van der Waals surface area contributed by atoms with Crippen molar-refractivity contribution in [2.24, 2.45) is 0 Å². The van der Waals surface area contributed by atoms with Crippen LogP contribution in [0.15, 0.2) is 12.1 Å². The molecule has 0 saturated carbocycles. The highest BCUT2D eigenvalue weighted by molar-refractivity contribution is 5.83. The largest absolute Gasteiger partial charge is 0.496 e. The van der Waals surface area contributed by atoms with Gasteiger partial charge in [-0.1, -0.05) is 0 Å². The number of aldehydes is 1. The predicted octanol–water partition coefficient (Wildman–Crippen LogP) is 1.52. The summed E-state index contributed by atoms with van der Waals surface area (Å²) in [5.74, 6) is -0.515. The molecule has 0 N–H and O–H groups in total. The van der Waals surface area contributed by atoms with E-state index in [1.807, 2.05) is 0 Å². The second-order valence-electron chi connectivity index (χ2n) is 2.27. The molecule has 13 heavy (non-hydrogen) atoms. The third-order valence-corrected chi connectivity index (χ3v) is 1.60. The van der Waals surface area contributed by atoms with Gasteiger partial charge in [0.2, 0.25) is 0 Å². The molecule has 66 valence electrons. The molecule has 0 atom stereocenters. The first-order chi connectivity index (χ1) is 6.24. The number of nitriles is 1. The van der Waals surface area contributed by atoms with Crippen LogP contribution >= 0.6 is 0 Å². The summed E-state index contributed by atoms with van der Waals surface area (Å²) in [7, 11) is 1.35. The van der Waals surface area contributed by atoms with E-state index in [1.165, 1.54) is 13.2 Å². The molecule has 0 aliphatic heterocycles. The number of hydrogen-bond acceptors (Lipinski definition) is 3. The summed E-state index contributed by atoms with van der Waals surface area (Å²) in [6.45, 7) is 0. The van der Waals surface area contributed by atoms with Gasteiger partial charge >= 0.3 is 0 Å². The number of carbonyl (C=O) groups is 1. The van der Waals surface area contributed by atoms with E-state index in [0.29, 0.717) is 6.29 Å². The van der Waals surface area contributed by atoms with Gasteiger partial charge in [0.25, 0.3) is 0 Å². The Labute approximate surface area is 74.4 Å². The number of rotatable bonds is 2. The lowest BCUT2D eigenvalue weighted by molar-refractivity contribution is 0.112. The minimum atomic E-state index is -0.717. The van der Waals surface area contributed by atoms with Crippen LogP contribution in [0.1, 0.15) is 15.9 Å². The number of methoxy groups -OCH3 is 1. The maximum absolute atomic E-state index is 12.9. The molecular weight excluding hydrogens is 173 g/mol. The molecule has 0 fully saturated rings. The van der Waals surface area contributed by atoms with Crippen molar-refractivity contribution in [1.82, 2.24) is 0 Å². The van der Waals surface area contributed by atoms with Gasteiger partial charge in [-0.15, -0.1) is 0 Å². The van der Waals surface area contributed by atoms with E-state index in [-0.39, 0.29) is 16.9 Å². The van der Waals surface area contributed by atoms with Crippen molar-refractivity contribution in [3.63, 3.8) is 0 Å². The van der Waals surface area contributed by atoms with E-state index in [1.54, 1.807) is 6.07 Å². The van der Waals surface area contributed by atoms with E-state index >= 15 is 0 Å². The van der Waals surface area contributed by atoms with Gasteiger partial charge in [0.05, 0.1) is 12.7 Å². The number of hydrogen-bond donors (Lipinski definition) is 0. The van der Waals surface area contributed by atoms with Gasteiger partial charge in [-0.2, -0.15) is 5.26 Å². The van der Waals surface area contributed by atoms with Crippen LogP contribution in [0.25, 0.3) is 0 Å². The molecule has 0 spiro atoms. The molecule has 0 heterocycles. The third kappa shape index (κ3) is 1.49. The quantitative estimate of drug-likeness (QED) is 0.646. The summed E-state index contributed by atoms with van der Waals surface area (Å²) in [5.41, 5.74) is -0.334. The van der Waals surface area contributed by atoms with E-state index in [9.17, 15) is 9.18 Å². The smallest absolute Gasteiger partial charge is 0.155 e. The normalized spacial score (nSPS) is 9.00.